The Balaban J connectivity index is 2.29. The maximum absolute atomic E-state index is 12.1. The first-order chi connectivity index (χ1) is 9.95. The highest BCUT2D eigenvalue weighted by molar-refractivity contribution is 6.31. The summed E-state index contributed by atoms with van der Waals surface area (Å²) in [7, 11) is 0. The Labute approximate surface area is 123 Å². The number of hydrogen-bond donors (Lipinski definition) is 3. The SMILES string of the molecule is O=c1cc(-c2ccc(O)c(O)c2)oc2cc(Cl)cc(O)c12. The lowest BCUT2D eigenvalue weighted by atomic mass is 10.1. The highest BCUT2D eigenvalue weighted by atomic mass is 35.5. The van der Waals surface area contributed by atoms with Crippen molar-refractivity contribution in [3.05, 3.63) is 51.6 Å². The van der Waals surface area contributed by atoms with Crippen LogP contribution < -0.4 is 5.43 Å². The molecule has 1 aromatic heterocycles. The Hall–Kier alpha value is -2.66. The molecule has 0 saturated heterocycles. The third-order valence-electron chi connectivity index (χ3n) is 3.03. The van der Waals surface area contributed by atoms with Gasteiger partial charge in [-0.15, -0.1) is 0 Å². The first-order valence-corrected chi connectivity index (χ1v) is 6.32. The van der Waals surface area contributed by atoms with Crippen molar-refractivity contribution in [2.75, 3.05) is 0 Å². The number of aromatic hydroxyl groups is 3. The summed E-state index contributed by atoms with van der Waals surface area (Å²) in [6, 6.07) is 7.91. The third-order valence-corrected chi connectivity index (χ3v) is 3.25. The van der Waals surface area contributed by atoms with Crippen LogP contribution in [0.4, 0.5) is 0 Å². The highest BCUT2D eigenvalue weighted by Crippen LogP contribution is 2.33. The minimum absolute atomic E-state index is 0.0335. The quantitative estimate of drug-likeness (QED) is 0.600. The Morgan fingerprint density at radius 2 is 1.67 bits per heavy atom. The van der Waals surface area contributed by atoms with E-state index in [9.17, 15) is 20.1 Å². The summed E-state index contributed by atoms with van der Waals surface area (Å²) in [6.45, 7) is 0. The fourth-order valence-corrected chi connectivity index (χ4v) is 2.26. The molecule has 0 aliphatic rings. The van der Waals surface area contributed by atoms with Crippen LogP contribution in [0.3, 0.4) is 0 Å². The number of halogens is 1. The largest absolute Gasteiger partial charge is 0.507 e. The van der Waals surface area contributed by atoms with Crippen LogP contribution in [0.15, 0.2) is 45.6 Å². The molecule has 0 unspecified atom stereocenters. The van der Waals surface area contributed by atoms with E-state index >= 15 is 0 Å². The fraction of sp³-hybridized carbons (Fsp3) is 0. The Bertz CT molecular complexity index is 914. The van der Waals surface area contributed by atoms with E-state index in [1.54, 1.807) is 0 Å². The monoisotopic (exact) mass is 304 g/mol. The average Bonchev–Trinajstić information content (AvgIpc) is 2.40. The van der Waals surface area contributed by atoms with Crippen molar-refractivity contribution in [1.29, 1.82) is 0 Å². The molecule has 6 heteroatoms. The number of phenols is 3. The van der Waals surface area contributed by atoms with E-state index in [0.717, 1.165) is 0 Å². The van der Waals surface area contributed by atoms with Gasteiger partial charge in [0.2, 0.25) is 0 Å². The van der Waals surface area contributed by atoms with Gasteiger partial charge in [0.15, 0.2) is 16.9 Å². The van der Waals surface area contributed by atoms with Gasteiger partial charge in [-0.05, 0) is 24.3 Å². The molecule has 3 rings (SSSR count). The van der Waals surface area contributed by atoms with Crippen LogP contribution in [0.2, 0.25) is 5.02 Å². The Morgan fingerprint density at radius 1 is 0.905 bits per heavy atom. The Kier molecular flexibility index (Phi) is 2.99. The molecule has 1 heterocycles. The van der Waals surface area contributed by atoms with Crippen molar-refractivity contribution in [2.45, 2.75) is 0 Å². The molecule has 0 radical (unpaired) electrons. The molecule has 0 fully saturated rings. The summed E-state index contributed by atoms with van der Waals surface area (Å²) in [4.78, 5) is 12.1. The summed E-state index contributed by atoms with van der Waals surface area (Å²) in [5.74, 6) is -0.678. The van der Waals surface area contributed by atoms with Gasteiger partial charge in [0.25, 0.3) is 0 Å². The van der Waals surface area contributed by atoms with Crippen molar-refractivity contribution in [3.63, 3.8) is 0 Å². The lowest BCUT2D eigenvalue weighted by molar-refractivity contribution is 0.404. The van der Waals surface area contributed by atoms with E-state index in [2.05, 4.69) is 0 Å². The van der Waals surface area contributed by atoms with Crippen molar-refractivity contribution in [2.24, 2.45) is 0 Å². The van der Waals surface area contributed by atoms with Gasteiger partial charge in [0, 0.05) is 22.7 Å². The number of phenolic OH excluding ortho intramolecular Hbond substituents is 3. The second-order valence-corrected chi connectivity index (χ2v) is 4.91. The van der Waals surface area contributed by atoms with Crippen LogP contribution in [-0.4, -0.2) is 15.3 Å². The number of benzene rings is 2. The van der Waals surface area contributed by atoms with Gasteiger partial charge in [-0.25, -0.2) is 0 Å². The van der Waals surface area contributed by atoms with Gasteiger partial charge in [-0.3, -0.25) is 4.79 Å². The van der Waals surface area contributed by atoms with Crippen molar-refractivity contribution >= 4 is 22.6 Å². The summed E-state index contributed by atoms with van der Waals surface area (Å²) in [5, 5.41) is 28.8. The average molecular weight is 305 g/mol. The molecule has 3 N–H and O–H groups in total. The third kappa shape index (κ3) is 2.28. The zero-order chi connectivity index (χ0) is 15.1. The van der Waals surface area contributed by atoms with E-state index in [1.165, 1.54) is 36.4 Å². The standard InChI is InChI=1S/C15H9ClO5/c16-8-4-11(19)15-12(20)6-13(21-14(15)5-8)7-1-2-9(17)10(18)3-7/h1-6,17-19H. The number of rotatable bonds is 1. The lowest BCUT2D eigenvalue weighted by Crippen LogP contribution is -2.00. The van der Waals surface area contributed by atoms with Crippen LogP contribution in [0.1, 0.15) is 0 Å². The maximum Gasteiger partial charge on any atom is 0.197 e. The van der Waals surface area contributed by atoms with Crippen LogP contribution in [0, 0.1) is 0 Å². The molecule has 0 aliphatic heterocycles. The summed E-state index contributed by atoms with van der Waals surface area (Å²) in [5.41, 5.74) is 0.104. The van der Waals surface area contributed by atoms with E-state index in [0.29, 0.717) is 5.56 Å². The molecule has 0 amide bonds. The molecule has 0 saturated carbocycles. The van der Waals surface area contributed by atoms with Gasteiger partial charge >= 0.3 is 0 Å². The van der Waals surface area contributed by atoms with Crippen LogP contribution >= 0.6 is 11.6 Å². The minimum atomic E-state index is -0.437. The molecule has 3 aromatic rings. The molecular formula is C15H9ClO5. The minimum Gasteiger partial charge on any atom is -0.507 e. The summed E-state index contributed by atoms with van der Waals surface area (Å²) < 4.78 is 5.55. The second kappa shape index (κ2) is 4.71. The molecule has 0 atom stereocenters. The van der Waals surface area contributed by atoms with Gasteiger partial charge in [-0.1, -0.05) is 11.6 Å². The van der Waals surface area contributed by atoms with E-state index in [1.807, 2.05) is 0 Å². The maximum atomic E-state index is 12.1. The predicted molar refractivity (Wildman–Crippen MR) is 77.9 cm³/mol. The van der Waals surface area contributed by atoms with E-state index in [4.69, 9.17) is 16.0 Å². The van der Waals surface area contributed by atoms with E-state index < -0.39 is 5.43 Å². The number of hydrogen-bond acceptors (Lipinski definition) is 5. The zero-order valence-electron chi connectivity index (χ0n) is 10.5. The molecular weight excluding hydrogens is 296 g/mol. The van der Waals surface area contributed by atoms with Crippen molar-refractivity contribution in [1.82, 2.24) is 0 Å². The van der Waals surface area contributed by atoms with E-state index in [-0.39, 0.29) is 39.0 Å². The van der Waals surface area contributed by atoms with Crippen molar-refractivity contribution in [3.8, 4) is 28.6 Å². The van der Waals surface area contributed by atoms with Crippen LogP contribution in [-0.2, 0) is 0 Å². The second-order valence-electron chi connectivity index (χ2n) is 4.48. The lowest BCUT2D eigenvalue weighted by Gasteiger charge is -2.06. The fourth-order valence-electron chi connectivity index (χ4n) is 2.05. The molecule has 5 nitrogen and oxygen atoms in total. The van der Waals surface area contributed by atoms with Crippen molar-refractivity contribution < 1.29 is 19.7 Å². The van der Waals surface area contributed by atoms with Crippen LogP contribution in [0.25, 0.3) is 22.3 Å². The topological polar surface area (TPSA) is 90.9 Å². The number of fused-ring (bicyclic) bond motifs is 1. The highest BCUT2D eigenvalue weighted by Gasteiger charge is 2.12. The molecule has 0 spiro atoms. The molecule has 106 valence electrons. The first-order valence-electron chi connectivity index (χ1n) is 5.94. The van der Waals surface area contributed by atoms with Gasteiger partial charge in [-0.2, -0.15) is 0 Å². The normalized spacial score (nSPS) is 10.9. The molecule has 21 heavy (non-hydrogen) atoms. The van der Waals surface area contributed by atoms with Gasteiger partial charge in [0.1, 0.15) is 22.5 Å². The zero-order valence-corrected chi connectivity index (χ0v) is 11.3. The first kappa shape index (κ1) is 13.3. The predicted octanol–water partition coefficient (Wildman–Crippen LogP) is 3.23. The molecule has 0 bridgehead atoms. The van der Waals surface area contributed by atoms with Gasteiger partial charge in [0.05, 0.1) is 0 Å². The Morgan fingerprint density at radius 3 is 2.38 bits per heavy atom. The summed E-state index contributed by atoms with van der Waals surface area (Å²) in [6.07, 6.45) is 0. The summed E-state index contributed by atoms with van der Waals surface area (Å²) >= 11 is 5.83. The smallest absolute Gasteiger partial charge is 0.197 e. The molecule has 0 aliphatic carbocycles. The van der Waals surface area contributed by atoms with Crippen LogP contribution in [0.5, 0.6) is 17.2 Å². The van der Waals surface area contributed by atoms with Gasteiger partial charge < -0.3 is 19.7 Å². The molecule has 2 aromatic carbocycles.